The van der Waals surface area contributed by atoms with E-state index in [1.807, 2.05) is 11.8 Å². The molecule has 1 aromatic rings. The van der Waals surface area contributed by atoms with Gasteiger partial charge in [-0.05, 0) is 25.2 Å². The summed E-state index contributed by atoms with van der Waals surface area (Å²) in [4.78, 5) is 2.02. The van der Waals surface area contributed by atoms with Crippen molar-refractivity contribution in [2.45, 2.75) is 38.3 Å². The molecule has 2 aliphatic rings. The lowest BCUT2D eigenvalue weighted by Gasteiger charge is -2.42. The first-order valence-electron chi connectivity index (χ1n) is 7.24. The minimum absolute atomic E-state index is 0.189. The third-order valence-electron chi connectivity index (χ3n) is 4.41. The number of hydrogen-bond acceptors (Lipinski definition) is 2. The van der Waals surface area contributed by atoms with Gasteiger partial charge in [0.2, 0.25) is 0 Å². The second-order valence-corrected chi connectivity index (χ2v) is 5.79. The van der Waals surface area contributed by atoms with Crippen LogP contribution in [-0.4, -0.2) is 25.2 Å². The van der Waals surface area contributed by atoms with E-state index in [1.54, 1.807) is 0 Å². The highest BCUT2D eigenvalue weighted by atomic mass is 19.2. The number of nitrogens with one attached hydrogen (secondary N) is 1. The quantitative estimate of drug-likeness (QED) is 0.858. The van der Waals surface area contributed by atoms with E-state index in [2.05, 4.69) is 5.32 Å². The molecule has 3 rings (SSSR count). The molecule has 0 aromatic heterocycles. The van der Waals surface area contributed by atoms with E-state index in [0.717, 1.165) is 31.6 Å². The maximum atomic E-state index is 13.4. The number of hydrogen-bond donors (Lipinski definition) is 1. The van der Waals surface area contributed by atoms with E-state index >= 15 is 0 Å². The molecule has 1 heterocycles. The van der Waals surface area contributed by atoms with Gasteiger partial charge in [-0.3, -0.25) is 0 Å². The standard InChI is InChI=1S/C15H19F3N2/c1-2-10-7-19-14(9-3-4-9)8-20(10)11-5-12(16)15(18)13(17)6-11/h5-6,9-10,14,19H,2-4,7-8H2,1H3. The minimum atomic E-state index is -1.39. The average molecular weight is 284 g/mol. The summed E-state index contributed by atoms with van der Waals surface area (Å²) < 4.78 is 40.0. The molecule has 5 heteroatoms. The van der Waals surface area contributed by atoms with Gasteiger partial charge in [-0.15, -0.1) is 0 Å². The van der Waals surface area contributed by atoms with Crippen LogP contribution in [0, 0.1) is 23.4 Å². The van der Waals surface area contributed by atoms with E-state index in [0.29, 0.717) is 17.6 Å². The van der Waals surface area contributed by atoms with Gasteiger partial charge in [-0.2, -0.15) is 0 Å². The first kappa shape index (κ1) is 13.7. The van der Waals surface area contributed by atoms with Crippen molar-refractivity contribution in [1.82, 2.24) is 5.32 Å². The van der Waals surface area contributed by atoms with Gasteiger partial charge in [0.25, 0.3) is 0 Å². The fraction of sp³-hybridized carbons (Fsp3) is 0.600. The summed E-state index contributed by atoms with van der Waals surface area (Å²) in [6.07, 6.45) is 3.31. The molecule has 1 aliphatic heterocycles. The van der Waals surface area contributed by atoms with E-state index in [1.165, 1.54) is 12.8 Å². The van der Waals surface area contributed by atoms with Crippen molar-refractivity contribution in [2.24, 2.45) is 5.92 Å². The molecule has 1 aliphatic carbocycles. The van der Waals surface area contributed by atoms with Gasteiger partial charge in [0.1, 0.15) is 0 Å². The van der Waals surface area contributed by atoms with Crippen LogP contribution in [0.3, 0.4) is 0 Å². The van der Waals surface area contributed by atoms with Crippen LogP contribution in [0.25, 0.3) is 0 Å². The van der Waals surface area contributed by atoms with Crippen LogP contribution in [0.1, 0.15) is 26.2 Å². The van der Waals surface area contributed by atoms with E-state index in [-0.39, 0.29) is 6.04 Å². The molecule has 0 amide bonds. The molecule has 2 nitrogen and oxygen atoms in total. The van der Waals surface area contributed by atoms with Crippen LogP contribution in [-0.2, 0) is 0 Å². The van der Waals surface area contributed by atoms with E-state index in [9.17, 15) is 13.2 Å². The number of benzene rings is 1. The Kier molecular flexibility index (Phi) is 3.63. The molecule has 0 radical (unpaired) electrons. The summed E-state index contributed by atoms with van der Waals surface area (Å²) in [5.74, 6) is -2.95. The lowest BCUT2D eigenvalue weighted by atomic mass is 10.0. The van der Waals surface area contributed by atoms with Gasteiger partial charge in [0.05, 0.1) is 0 Å². The third kappa shape index (κ3) is 2.51. The Bertz CT molecular complexity index is 479. The highest BCUT2D eigenvalue weighted by molar-refractivity contribution is 5.49. The Morgan fingerprint density at radius 1 is 1.20 bits per heavy atom. The predicted molar refractivity (Wildman–Crippen MR) is 72.3 cm³/mol. The zero-order valence-electron chi connectivity index (χ0n) is 11.5. The molecule has 0 bridgehead atoms. The number of rotatable bonds is 3. The second kappa shape index (κ2) is 5.28. The smallest absolute Gasteiger partial charge is 0.194 e. The van der Waals surface area contributed by atoms with Crippen LogP contribution in [0.4, 0.5) is 18.9 Å². The van der Waals surface area contributed by atoms with Gasteiger partial charge in [0.15, 0.2) is 17.5 Å². The van der Waals surface area contributed by atoms with Crippen molar-refractivity contribution in [2.75, 3.05) is 18.0 Å². The third-order valence-corrected chi connectivity index (χ3v) is 4.41. The number of anilines is 1. The van der Waals surface area contributed by atoms with Crippen molar-refractivity contribution in [3.8, 4) is 0 Å². The van der Waals surface area contributed by atoms with Crippen molar-refractivity contribution < 1.29 is 13.2 Å². The summed E-state index contributed by atoms with van der Waals surface area (Å²) in [5, 5.41) is 3.52. The summed E-state index contributed by atoms with van der Waals surface area (Å²) in [7, 11) is 0. The Hall–Kier alpha value is -1.23. The van der Waals surface area contributed by atoms with Crippen molar-refractivity contribution in [3.63, 3.8) is 0 Å². The highest BCUT2D eigenvalue weighted by Crippen LogP contribution is 2.36. The summed E-state index contributed by atoms with van der Waals surface area (Å²) in [6, 6.07) is 2.77. The lowest BCUT2D eigenvalue weighted by Crippen LogP contribution is -2.57. The van der Waals surface area contributed by atoms with Crippen LogP contribution in [0.2, 0.25) is 0 Å². The molecule has 1 aromatic carbocycles. The summed E-state index contributed by atoms with van der Waals surface area (Å²) >= 11 is 0. The molecule has 0 spiro atoms. The molecular formula is C15H19F3N2. The first-order valence-corrected chi connectivity index (χ1v) is 7.24. The zero-order chi connectivity index (χ0) is 14.3. The Morgan fingerprint density at radius 3 is 2.40 bits per heavy atom. The maximum absolute atomic E-state index is 13.4. The van der Waals surface area contributed by atoms with Crippen LogP contribution < -0.4 is 10.2 Å². The Labute approximate surface area is 117 Å². The number of piperazine rings is 1. The molecule has 110 valence electrons. The average Bonchev–Trinajstić information content (AvgIpc) is 3.28. The highest BCUT2D eigenvalue weighted by Gasteiger charge is 2.37. The molecule has 1 saturated carbocycles. The van der Waals surface area contributed by atoms with E-state index < -0.39 is 17.5 Å². The van der Waals surface area contributed by atoms with Crippen molar-refractivity contribution in [1.29, 1.82) is 0 Å². The second-order valence-electron chi connectivity index (χ2n) is 5.79. The Morgan fingerprint density at radius 2 is 1.85 bits per heavy atom. The molecule has 20 heavy (non-hydrogen) atoms. The van der Waals surface area contributed by atoms with Crippen LogP contribution >= 0.6 is 0 Å². The maximum Gasteiger partial charge on any atom is 0.194 e. The summed E-state index contributed by atoms with van der Waals surface area (Å²) in [5.41, 5.74) is 0.445. The number of halogens is 3. The lowest BCUT2D eigenvalue weighted by molar-refractivity contribution is 0.358. The monoisotopic (exact) mass is 284 g/mol. The van der Waals surface area contributed by atoms with Crippen LogP contribution in [0.5, 0.6) is 0 Å². The predicted octanol–water partition coefficient (Wildman–Crippen LogP) is 3.07. The van der Waals surface area contributed by atoms with Crippen molar-refractivity contribution in [3.05, 3.63) is 29.6 Å². The molecule has 2 atom stereocenters. The summed E-state index contributed by atoms with van der Waals surface area (Å²) in [6.45, 7) is 3.58. The zero-order valence-corrected chi connectivity index (χ0v) is 11.5. The van der Waals surface area contributed by atoms with Gasteiger partial charge >= 0.3 is 0 Å². The molecular weight excluding hydrogens is 265 g/mol. The first-order chi connectivity index (χ1) is 9.60. The molecule has 1 saturated heterocycles. The van der Waals surface area contributed by atoms with Gasteiger partial charge in [-0.25, -0.2) is 13.2 Å². The topological polar surface area (TPSA) is 15.3 Å². The fourth-order valence-electron chi connectivity index (χ4n) is 3.03. The molecule has 1 N–H and O–H groups in total. The normalized spacial score (nSPS) is 26.9. The largest absolute Gasteiger partial charge is 0.366 e. The molecule has 2 unspecified atom stereocenters. The minimum Gasteiger partial charge on any atom is -0.366 e. The van der Waals surface area contributed by atoms with Crippen molar-refractivity contribution >= 4 is 5.69 Å². The van der Waals surface area contributed by atoms with Gasteiger partial charge in [0, 0.05) is 43.0 Å². The van der Waals surface area contributed by atoms with Gasteiger partial charge in [-0.1, -0.05) is 6.92 Å². The van der Waals surface area contributed by atoms with E-state index in [4.69, 9.17) is 0 Å². The van der Waals surface area contributed by atoms with Crippen LogP contribution in [0.15, 0.2) is 12.1 Å². The SMILES string of the molecule is CCC1CNC(C2CC2)CN1c1cc(F)c(F)c(F)c1. The Balaban J connectivity index is 1.87. The van der Waals surface area contributed by atoms with Gasteiger partial charge < -0.3 is 10.2 Å². The number of nitrogens with zero attached hydrogens (tertiary/aromatic N) is 1. The fourth-order valence-corrected chi connectivity index (χ4v) is 3.03. The molecule has 2 fully saturated rings.